The van der Waals surface area contributed by atoms with E-state index in [0.717, 1.165) is 10.1 Å². The van der Waals surface area contributed by atoms with Crippen LogP contribution in [0.1, 0.15) is 18.4 Å². The van der Waals surface area contributed by atoms with Gasteiger partial charge in [0.1, 0.15) is 0 Å². The fourth-order valence-electron chi connectivity index (χ4n) is 3.16. The lowest BCUT2D eigenvalue weighted by Crippen LogP contribution is -2.39. The monoisotopic (exact) mass is 448 g/mol. The number of carbonyl (C=O) groups excluding carboxylic acids is 1. The van der Waals surface area contributed by atoms with Gasteiger partial charge in [-0.15, -0.1) is 0 Å². The van der Waals surface area contributed by atoms with Crippen LogP contribution in [0, 0.1) is 6.92 Å². The number of nitrogens with zero attached hydrogens (tertiary/aromatic N) is 4. The maximum absolute atomic E-state index is 12.6. The standard InChI is InChI=1S/C20H24N4O6S/c1-14-5-7-15(8-6-14)31(28,29)12-9-16(25)30-11-4-10-24-19(26)17-18(21-13-22(17)2)23(3)20(24)27/h5-8,13H,4,9-12H2,1-3H3. The molecule has 0 fully saturated rings. The predicted octanol–water partition coefficient (Wildman–Crippen LogP) is 0.539. The molecule has 0 bridgehead atoms. The maximum Gasteiger partial charge on any atom is 0.332 e. The van der Waals surface area contributed by atoms with Crippen LogP contribution in [0.5, 0.6) is 0 Å². The summed E-state index contributed by atoms with van der Waals surface area (Å²) in [6.45, 7) is 1.87. The molecule has 11 heteroatoms. The topological polar surface area (TPSA) is 122 Å². The Kier molecular flexibility index (Phi) is 6.44. The molecule has 31 heavy (non-hydrogen) atoms. The van der Waals surface area contributed by atoms with Crippen molar-refractivity contribution in [3.05, 3.63) is 57.0 Å². The zero-order valence-corrected chi connectivity index (χ0v) is 18.4. The number of rotatable bonds is 8. The number of hydrogen-bond acceptors (Lipinski definition) is 7. The van der Waals surface area contributed by atoms with E-state index in [-0.39, 0.29) is 36.6 Å². The van der Waals surface area contributed by atoms with Gasteiger partial charge in [-0.25, -0.2) is 18.2 Å². The van der Waals surface area contributed by atoms with E-state index >= 15 is 0 Å². The molecule has 0 aliphatic heterocycles. The average molecular weight is 449 g/mol. The summed E-state index contributed by atoms with van der Waals surface area (Å²) in [5.74, 6) is -1.01. The minimum Gasteiger partial charge on any atom is -0.466 e. The summed E-state index contributed by atoms with van der Waals surface area (Å²) in [5, 5.41) is 0. The first-order chi connectivity index (χ1) is 14.6. The lowest BCUT2D eigenvalue weighted by atomic mass is 10.2. The van der Waals surface area contributed by atoms with Crippen LogP contribution in [0.2, 0.25) is 0 Å². The van der Waals surface area contributed by atoms with Gasteiger partial charge in [0.05, 0.1) is 30.0 Å². The second-order valence-corrected chi connectivity index (χ2v) is 9.39. The Morgan fingerprint density at radius 1 is 1.13 bits per heavy atom. The van der Waals surface area contributed by atoms with Gasteiger partial charge in [0, 0.05) is 20.6 Å². The summed E-state index contributed by atoms with van der Waals surface area (Å²) in [6.07, 6.45) is 1.41. The zero-order chi connectivity index (χ0) is 22.8. The van der Waals surface area contributed by atoms with Crippen molar-refractivity contribution in [3.63, 3.8) is 0 Å². The molecule has 2 aromatic heterocycles. The van der Waals surface area contributed by atoms with Gasteiger partial charge >= 0.3 is 11.7 Å². The highest BCUT2D eigenvalue weighted by Crippen LogP contribution is 2.13. The highest BCUT2D eigenvalue weighted by molar-refractivity contribution is 7.91. The molecule has 3 aromatic rings. The van der Waals surface area contributed by atoms with E-state index in [9.17, 15) is 22.8 Å². The first kappa shape index (κ1) is 22.5. The molecule has 0 saturated heterocycles. The smallest absolute Gasteiger partial charge is 0.332 e. The van der Waals surface area contributed by atoms with E-state index in [2.05, 4.69) is 4.98 Å². The second-order valence-electron chi connectivity index (χ2n) is 7.28. The maximum atomic E-state index is 12.6. The largest absolute Gasteiger partial charge is 0.466 e. The van der Waals surface area contributed by atoms with E-state index in [4.69, 9.17) is 4.74 Å². The fraction of sp³-hybridized carbons (Fsp3) is 0.400. The van der Waals surface area contributed by atoms with Gasteiger partial charge in [0.15, 0.2) is 21.0 Å². The van der Waals surface area contributed by atoms with Crippen LogP contribution in [-0.2, 0) is 40.0 Å². The molecule has 0 radical (unpaired) electrons. The summed E-state index contributed by atoms with van der Waals surface area (Å²) in [4.78, 5) is 41.2. The normalized spacial score (nSPS) is 11.7. The summed E-state index contributed by atoms with van der Waals surface area (Å²) in [5.41, 5.74) is 0.575. The molecule has 10 nitrogen and oxygen atoms in total. The SMILES string of the molecule is Cc1ccc(S(=O)(=O)CCC(=O)OCCCn2c(=O)c3c(ncn3C)n(C)c2=O)cc1. The fourth-order valence-corrected chi connectivity index (χ4v) is 4.38. The summed E-state index contributed by atoms with van der Waals surface area (Å²) < 4.78 is 33.6. The number of imidazole rings is 1. The van der Waals surface area contributed by atoms with Crippen molar-refractivity contribution in [3.8, 4) is 0 Å². The number of sulfone groups is 1. The van der Waals surface area contributed by atoms with Gasteiger partial charge in [0.25, 0.3) is 5.56 Å². The molecular formula is C20H24N4O6S. The Morgan fingerprint density at radius 2 is 1.81 bits per heavy atom. The number of carbonyl (C=O) groups is 1. The summed E-state index contributed by atoms with van der Waals surface area (Å²) in [7, 11) is -0.385. The molecule has 0 saturated carbocycles. The van der Waals surface area contributed by atoms with Gasteiger partial charge in [-0.05, 0) is 25.5 Å². The van der Waals surface area contributed by atoms with E-state index in [1.807, 2.05) is 6.92 Å². The molecule has 166 valence electrons. The molecule has 1 aromatic carbocycles. The number of esters is 1. The Labute approximate surface area is 178 Å². The quantitative estimate of drug-likeness (QED) is 0.364. The highest BCUT2D eigenvalue weighted by atomic mass is 32.2. The van der Waals surface area contributed by atoms with E-state index in [0.29, 0.717) is 11.2 Å². The lowest BCUT2D eigenvalue weighted by Gasteiger charge is -2.09. The van der Waals surface area contributed by atoms with Gasteiger partial charge in [-0.1, -0.05) is 17.7 Å². The minimum absolute atomic E-state index is 0.0393. The number of aromatic nitrogens is 4. The third kappa shape index (κ3) is 4.76. The number of fused-ring (bicyclic) bond motifs is 1. The number of aryl methyl sites for hydroxylation is 3. The van der Waals surface area contributed by atoms with Gasteiger partial charge in [-0.2, -0.15) is 0 Å². The van der Waals surface area contributed by atoms with Crippen molar-refractivity contribution in [1.82, 2.24) is 18.7 Å². The van der Waals surface area contributed by atoms with Crippen molar-refractivity contribution in [2.75, 3.05) is 12.4 Å². The Hall–Kier alpha value is -3.21. The van der Waals surface area contributed by atoms with Crippen LogP contribution in [0.4, 0.5) is 0 Å². The Balaban J connectivity index is 1.55. The van der Waals surface area contributed by atoms with E-state index in [1.165, 1.54) is 30.1 Å². The predicted molar refractivity (Wildman–Crippen MR) is 114 cm³/mol. The number of benzene rings is 1. The van der Waals surface area contributed by atoms with Crippen LogP contribution in [0.25, 0.3) is 11.2 Å². The number of ether oxygens (including phenoxy) is 1. The molecular weight excluding hydrogens is 424 g/mol. The third-order valence-corrected chi connectivity index (χ3v) is 6.68. The zero-order valence-electron chi connectivity index (χ0n) is 17.6. The molecule has 0 unspecified atom stereocenters. The van der Waals surface area contributed by atoms with Gasteiger partial charge in [-0.3, -0.25) is 18.7 Å². The van der Waals surface area contributed by atoms with Crippen LogP contribution in [0.3, 0.4) is 0 Å². The van der Waals surface area contributed by atoms with Gasteiger partial charge < -0.3 is 9.30 Å². The molecule has 0 atom stereocenters. The van der Waals surface area contributed by atoms with Crippen LogP contribution in [-0.4, -0.2) is 45.4 Å². The van der Waals surface area contributed by atoms with Gasteiger partial charge in [0.2, 0.25) is 0 Å². The van der Waals surface area contributed by atoms with Crippen molar-refractivity contribution in [1.29, 1.82) is 0 Å². The molecule has 0 amide bonds. The second kappa shape index (κ2) is 8.88. The van der Waals surface area contributed by atoms with Crippen LogP contribution in [0.15, 0.2) is 45.1 Å². The molecule has 0 N–H and O–H groups in total. The van der Waals surface area contributed by atoms with Crippen molar-refractivity contribution >= 4 is 27.0 Å². The van der Waals surface area contributed by atoms with E-state index in [1.54, 1.807) is 23.7 Å². The molecule has 3 rings (SSSR count). The van der Waals surface area contributed by atoms with Crippen molar-refractivity contribution in [2.45, 2.75) is 31.2 Å². The van der Waals surface area contributed by atoms with Crippen molar-refractivity contribution < 1.29 is 17.9 Å². The Morgan fingerprint density at radius 3 is 2.48 bits per heavy atom. The third-order valence-electron chi connectivity index (χ3n) is 4.95. The summed E-state index contributed by atoms with van der Waals surface area (Å²) in [6, 6.07) is 6.40. The lowest BCUT2D eigenvalue weighted by molar-refractivity contribution is -0.143. The molecule has 0 aliphatic rings. The van der Waals surface area contributed by atoms with E-state index < -0.39 is 27.1 Å². The first-order valence-electron chi connectivity index (χ1n) is 9.67. The molecule has 0 spiro atoms. The molecule has 2 heterocycles. The molecule has 0 aliphatic carbocycles. The average Bonchev–Trinajstić information content (AvgIpc) is 3.12. The van der Waals surface area contributed by atoms with Crippen LogP contribution < -0.4 is 11.2 Å². The van der Waals surface area contributed by atoms with Crippen molar-refractivity contribution in [2.24, 2.45) is 14.1 Å². The minimum atomic E-state index is -3.58. The highest BCUT2D eigenvalue weighted by Gasteiger charge is 2.18. The van der Waals surface area contributed by atoms with Crippen LogP contribution >= 0.6 is 0 Å². The summed E-state index contributed by atoms with van der Waals surface area (Å²) >= 11 is 0. The first-order valence-corrected chi connectivity index (χ1v) is 11.3. The number of hydrogen-bond donors (Lipinski definition) is 0. The Bertz CT molecular complexity index is 1330.